The van der Waals surface area contributed by atoms with Gasteiger partial charge in [0.1, 0.15) is 5.82 Å². The molecule has 2 atom stereocenters. The highest BCUT2D eigenvalue weighted by atomic mass is 19.4. The molecule has 0 spiro atoms. The number of benzene rings is 1. The Hall–Kier alpha value is -1.89. The monoisotopic (exact) mass is 296 g/mol. The molecule has 2 aromatic rings. The SMILES string of the molecule is CC1CC(N)c2nc(-c3ccc(C(F)(F)F)cc3)nn2C1. The van der Waals surface area contributed by atoms with Gasteiger partial charge in [0.2, 0.25) is 0 Å². The van der Waals surface area contributed by atoms with Gasteiger partial charge < -0.3 is 5.73 Å². The first kappa shape index (κ1) is 14.1. The third-order valence-corrected chi connectivity index (χ3v) is 3.64. The first-order chi connectivity index (χ1) is 9.84. The van der Waals surface area contributed by atoms with Crippen molar-refractivity contribution >= 4 is 0 Å². The molecule has 1 aliphatic rings. The smallest absolute Gasteiger partial charge is 0.321 e. The molecule has 1 aromatic carbocycles. The molecule has 0 fully saturated rings. The topological polar surface area (TPSA) is 56.7 Å². The average molecular weight is 296 g/mol. The summed E-state index contributed by atoms with van der Waals surface area (Å²) < 4.78 is 39.4. The zero-order valence-corrected chi connectivity index (χ0v) is 11.4. The molecule has 1 aliphatic heterocycles. The number of rotatable bonds is 1. The van der Waals surface area contributed by atoms with E-state index in [-0.39, 0.29) is 6.04 Å². The minimum Gasteiger partial charge on any atom is -0.321 e. The second-order valence-corrected chi connectivity index (χ2v) is 5.50. The zero-order chi connectivity index (χ0) is 15.2. The Kier molecular flexibility index (Phi) is 3.24. The van der Waals surface area contributed by atoms with Gasteiger partial charge in [-0.2, -0.15) is 18.3 Å². The molecule has 4 nitrogen and oxygen atoms in total. The van der Waals surface area contributed by atoms with Crippen LogP contribution in [0.15, 0.2) is 24.3 Å². The van der Waals surface area contributed by atoms with Crippen molar-refractivity contribution in [3.63, 3.8) is 0 Å². The summed E-state index contributed by atoms with van der Waals surface area (Å²) in [4.78, 5) is 4.37. The summed E-state index contributed by atoms with van der Waals surface area (Å²) in [5.74, 6) is 1.53. The molecule has 2 heterocycles. The van der Waals surface area contributed by atoms with Crippen molar-refractivity contribution in [1.29, 1.82) is 0 Å². The van der Waals surface area contributed by atoms with E-state index in [1.54, 1.807) is 4.68 Å². The van der Waals surface area contributed by atoms with Crippen LogP contribution in [0.1, 0.15) is 30.8 Å². The largest absolute Gasteiger partial charge is 0.416 e. The van der Waals surface area contributed by atoms with Crippen LogP contribution in [0.25, 0.3) is 11.4 Å². The van der Waals surface area contributed by atoms with E-state index in [2.05, 4.69) is 17.0 Å². The average Bonchev–Trinajstić information content (AvgIpc) is 2.82. The van der Waals surface area contributed by atoms with E-state index in [0.717, 1.165) is 25.1 Å². The van der Waals surface area contributed by atoms with Crippen LogP contribution >= 0.6 is 0 Å². The van der Waals surface area contributed by atoms with Gasteiger partial charge in [-0.3, -0.25) is 0 Å². The molecule has 2 unspecified atom stereocenters. The Morgan fingerprint density at radius 1 is 1.24 bits per heavy atom. The van der Waals surface area contributed by atoms with Gasteiger partial charge in [0.15, 0.2) is 5.82 Å². The van der Waals surface area contributed by atoms with E-state index in [9.17, 15) is 13.2 Å². The number of nitrogens with zero attached hydrogens (tertiary/aromatic N) is 3. The van der Waals surface area contributed by atoms with E-state index in [4.69, 9.17) is 5.73 Å². The normalized spacial score (nSPS) is 22.1. The molecule has 112 valence electrons. The molecule has 0 amide bonds. The van der Waals surface area contributed by atoms with Crippen molar-refractivity contribution in [2.45, 2.75) is 32.1 Å². The van der Waals surface area contributed by atoms with Gasteiger partial charge in [-0.25, -0.2) is 9.67 Å². The van der Waals surface area contributed by atoms with Crippen molar-refractivity contribution in [1.82, 2.24) is 14.8 Å². The van der Waals surface area contributed by atoms with Crippen LogP contribution in [0.4, 0.5) is 13.2 Å². The third-order valence-electron chi connectivity index (χ3n) is 3.64. The minimum absolute atomic E-state index is 0.176. The highest BCUT2D eigenvalue weighted by molar-refractivity contribution is 5.55. The lowest BCUT2D eigenvalue weighted by Crippen LogP contribution is -2.27. The van der Waals surface area contributed by atoms with E-state index in [0.29, 0.717) is 23.1 Å². The van der Waals surface area contributed by atoms with E-state index < -0.39 is 11.7 Å². The Bertz CT molecular complexity index is 645. The van der Waals surface area contributed by atoms with Crippen molar-refractivity contribution < 1.29 is 13.2 Å². The fraction of sp³-hybridized carbons (Fsp3) is 0.429. The van der Waals surface area contributed by atoms with Crippen molar-refractivity contribution in [2.75, 3.05) is 0 Å². The first-order valence-corrected chi connectivity index (χ1v) is 6.72. The van der Waals surface area contributed by atoms with Gasteiger partial charge in [0, 0.05) is 12.1 Å². The second-order valence-electron chi connectivity index (χ2n) is 5.50. The number of nitrogens with two attached hydrogens (primary N) is 1. The fourth-order valence-electron chi connectivity index (χ4n) is 2.60. The summed E-state index contributed by atoms with van der Waals surface area (Å²) in [5.41, 5.74) is 5.92. The van der Waals surface area contributed by atoms with Crippen molar-refractivity contribution in [3.8, 4) is 11.4 Å². The molecular weight excluding hydrogens is 281 g/mol. The molecule has 0 saturated heterocycles. The number of aromatic nitrogens is 3. The molecule has 7 heteroatoms. The highest BCUT2D eigenvalue weighted by Gasteiger charge is 2.30. The summed E-state index contributed by atoms with van der Waals surface area (Å²) in [5, 5.41) is 4.36. The van der Waals surface area contributed by atoms with Gasteiger partial charge >= 0.3 is 6.18 Å². The fourth-order valence-corrected chi connectivity index (χ4v) is 2.60. The summed E-state index contributed by atoms with van der Waals surface area (Å²) in [6.45, 7) is 2.82. The summed E-state index contributed by atoms with van der Waals surface area (Å²) in [6.07, 6.45) is -3.50. The summed E-state index contributed by atoms with van der Waals surface area (Å²) in [6, 6.07) is 4.68. The van der Waals surface area contributed by atoms with Crippen LogP contribution in [0, 0.1) is 5.92 Å². The number of hydrogen-bond donors (Lipinski definition) is 1. The lowest BCUT2D eigenvalue weighted by Gasteiger charge is -2.23. The molecule has 0 aliphatic carbocycles. The lowest BCUT2D eigenvalue weighted by molar-refractivity contribution is -0.137. The number of halogens is 3. The van der Waals surface area contributed by atoms with E-state index in [1.807, 2.05) is 0 Å². The van der Waals surface area contributed by atoms with Crippen molar-refractivity contribution in [3.05, 3.63) is 35.7 Å². The van der Waals surface area contributed by atoms with Crippen LogP contribution < -0.4 is 5.73 Å². The van der Waals surface area contributed by atoms with Crippen LogP contribution in [0.2, 0.25) is 0 Å². The van der Waals surface area contributed by atoms with Gasteiger partial charge in [-0.05, 0) is 24.5 Å². The Morgan fingerprint density at radius 3 is 2.52 bits per heavy atom. The molecule has 0 radical (unpaired) electrons. The third kappa shape index (κ3) is 2.65. The standard InChI is InChI=1S/C14H15F3N4/c1-8-6-11(18)13-19-12(20-21(13)7-8)9-2-4-10(5-3-9)14(15,16)17/h2-5,8,11H,6-7,18H2,1H3. The molecular formula is C14H15F3N4. The van der Waals surface area contributed by atoms with E-state index in [1.165, 1.54) is 12.1 Å². The Labute approximate surface area is 119 Å². The number of alkyl halides is 3. The number of hydrogen-bond acceptors (Lipinski definition) is 3. The maximum atomic E-state index is 12.6. The maximum Gasteiger partial charge on any atom is 0.416 e. The highest BCUT2D eigenvalue weighted by Crippen LogP contribution is 2.31. The van der Waals surface area contributed by atoms with Gasteiger partial charge in [0.25, 0.3) is 0 Å². The van der Waals surface area contributed by atoms with Crippen molar-refractivity contribution in [2.24, 2.45) is 11.7 Å². The second kappa shape index (κ2) is 4.84. The quantitative estimate of drug-likeness (QED) is 0.880. The molecule has 21 heavy (non-hydrogen) atoms. The lowest BCUT2D eigenvalue weighted by atomic mass is 9.98. The molecule has 1 aromatic heterocycles. The summed E-state index contributed by atoms with van der Waals surface area (Å²) >= 11 is 0. The Balaban J connectivity index is 1.93. The van der Waals surface area contributed by atoms with Crippen LogP contribution in [-0.2, 0) is 12.7 Å². The number of fused-ring (bicyclic) bond motifs is 1. The van der Waals surface area contributed by atoms with E-state index >= 15 is 0 Å². The summed E-state index contributed by atoms with van der Waals surface area (Å²) in [7, 11) is 0. The van der Waals surface area contributed by atoms with Crippen LogP contribution in [0.3, 0.4) is 0 Å². The van der Waals surface area contributed by atoms with Crippen LogP contribution in [-0.4, -0.2) is 14.8 Å². The zero-order valence-electron chi connectivity index (χ0n) is 11.4. The predicted molar refractivity (Wildman–Crippen MR) is 71.2 cm³/mol. The Morgan fingerprint density at radius 2 is 1.90 bits per heavy atom. The molecule has 2 N–H and O–H groups in total. The molecule has 3 rings (SSSR count). The van der Waals surface area contributed by atoms with Gasteiger partial charge in [-0.1, -0.05) is 19.1 Å². The van der Waals surface area contributed by atoms with Gasteiger partial charge in [-0.15, -0.1) is 0 Å². The maximum absolute atomic E-state index is 12.6. The van der Waals surface area contributed by atoms with Gasteiger partial charge in [0.05, 0.1) is 11.6 Å². The molecule has 0 saturated carbocycles. The molecule has 0 bridgehead atoms. The minimum atomic E-state index is -4.34. The first-order valence-electron chi connectivity index (χ1n) is 6.72. The van der Waals surface area contributed by atoms with Crippen LogP contribution in [0.5, 0.6) is 0 Å². The predicted octanol–water partition coefficient (Wildman–Crippen LogP) is 3.00.